The van der Waals surface area contributed by atoms with Gasteiger partial charge >= 0.3 is 0 Å². The van der Waals surface area contributed by atoms with Gasteiger partial charge in [0, 0.05) is 18.2 Å². The van der Waals surface area contributed by atoms with Gasteiger partial charge < -0.3 is 15.4 Å². The minimum absolute atomic E-state index is 0.0147. The summed E-state index contributed by atoms with van der Waals surface area (Å²) in [5.74, 6) is 0.922. The smallest absolute Gasteiger partial charge is 0.124 e. The molecule has 1 unspecified atom stereocenters. The lowest BCUT2D eigenvalue weighted by Gasteiger charge is -2.25. The molecule has 0 amide bonds. The van der Waals surface area contributed by atoms with E-state index in [1.54, 1.807) is 0 Å². The van der Waals surface area contributed by atoms with Crippen LogP contribution in [-0.2, 0) is 0 Å². The molecule has 0 aliphatic heterocycles. The molecule has 1 aromatic rings. The molecule has 1 aromatic carbocycles. The molecule has 1 atom stereocenters. The zero-order valence-electron chi connectivity index (χ0n) is 12.6. The fraction of sp³-hybridized carbons (Fsp3) is 0.625. The summed E-state index contributed by atoms with van der Waals surface area (Å²) in [6.07, 6.45) is 2.33. The number of hydrogen-bond acceptors (Lipinski definition) is 3. The number of nitrogens with zero attached hydrogens (tertiary/aromatic N) is 1. The van der Waals surface area contributed by atoms with Crippen molar-refractivity contribution in [1.82, 2.24) is 4.90 Å². The minimum Gasteiger partial charge on any atom is -0.494 e. The number of rotatable bonds is 9. The lowest BCUT2D eigenvalue weighted by molar-refractivity contribution is 0.255. The number of benzene rings is 1. The summed E-state index contributed by atoms with van der Waals surface area (Å²) in [6.45, 7) is 10.2. The second kappa shape index (κ2) is 8.94. The van der Waals surface area contributed by atoms with Gasteiger partial charge in [-0.2, -0.15) is 0 Å². The van der Waals surface area contributed by atoms with Crippen LogP contribution in [0.1, 0.15) is 45.2 Å². The fourth-order valence-electron chi connectivity index (χ4n) is 2.38. The highest BCUT2D eigenvalue weighted by Gasteiger charge is 2.15. The molecule has 0 bridgehead atoms. The third kappa shape index (κ3) is 5.21. The topological polar surface area (TPSA) is 38.5 Å². The third-order valence-electron chi connectivity index (χ3n) is 3.15. The van der Waals surface area contributed by atoms with E-state index < -0.39 is 0 Å². The molecular weight excluding hydrogens is 236 g/mol. The molecule has 0 radical (unpaired) electrons. The van der Waals surface area contributed by atoms with Gasteiger partial charge in [0.1, 0.15) is 5.75 Å². The van der Waals surface area contributed by atoms with Crippen molar-refractivity contribution >= 4 is 0 Å². The molecule has 3 nitrogen and oxygen atoms in total. The summed E-state index contributed by atoms with van der Waals surface area (Å²) in [5, 5.41) is 0. The number of hydrogen-bond donors (Lipinski definition) is 1. The van der Waals surface area contributed by atoms with Crippen molar-refractivity contribution < 1.29 is 4.74 Å². The standard InChI is InChI=1S/C16H28N2O/c1-4-11-18(12-5-2)13-15(17)14-9-7-8-10-16(14)19-6-3/h7-10,15H,4-6,11-13,17H2,1-3H3. The van der Waals surface area contributed by atoms with Gasteiger partial charge in [0.25, 0.3) is 0 Å². The van der Waals surface area contributed by atoms with Crippen LogP contribution in [-0.4, -0.2) is 31.1 Å². The first-order chi connectivity index (χ1) is 9.22. The molecule has 0 aliphatic carbocycles. The van der Waals surface area contributed by atoms with Gasteiger partial charge in [0.2, 0.25) is 0 Å². The molecule has 0 aromatic heterocycles. The van der Waals surface area contributed by atoms with Crippen LogP contribution in [0.4, 0.5) is 0 Å². The molecule has 0 saturated carbocycles. The Balaban J connectivity index is 2.72. The predicted molar refractivity (Wildman–Crippen MR) is 81.6 cm³/mol. The average molecular weight is 264 g/mol. The largest absolute Gasteiger partial charge is 0.494 e. The van der Waals surface area contributed by atoms with Crippen molar-refractivity contribution in [2.75, 3.05) is 26.2 Å². The highest BCUT2D eigenvalue weighted by molar-refractivity contribution is 5.35. The van der Waals surface area contributed by atoms with Crippen molar-refractivity contribution in [3.63, 3.8) is 0 Å². The summed E-state index contributed by atoms with van der Waals surface area (Å²) in [4.78, 5) is 2.44. The SMILES string of the molecule is CCCN(CCC)CC(N)c1ccccc1OCC. The van der Waals surface area contributed by atoms with Crippen LogP contribution in [0.2, 0.25) is 0 Å². The van der Waals surface area contributed by atoms with Crippen LogP contribution in [0.25, 0.3) is 0 Å². The lowest BCUT2D eigenvalue weighted by Crippen LogP contribution is -2.33. The molecule has 0 aliphatic rings. The Bertz CT molecular complexity index is 348. The van der Waals surface area contributed by atoms with E-state index in [2.05, 4.69) is 24.8 Å². The van der Waals surface area contributed by atoms with Crippen LogP contribution in [0.5, 0.6) is 5.75 Å². The number of ether oxygens (including phenoxy) is 1. The minimum atomic E-state index is 0.0147. The van der Waals surface area contributed by atoms with Gasteiger partial charge in [-0.25, -0.2) is 0 Å². The van der Waals surface area contributed by atoms with E-state index in [0.717, 1.165) is 30.9 Å². The maximum atomic E-state index is 6.37. The first kappa shape index (κ1) is 16.0. The molecule has 0 heterocycles. The maximum absolute atomic E-state index is 6.37. The van der Waals surface area contributed by atoms with Crippen molar-refractivity contribution in [2.45, 2.75) is 39.7 Å². The van der Waals surface area contributed by atoms with E-state index >= 15 is 0 Å². The van der Waals surface area contributed by atoms with Crippen molar-refractivity contribution in [1.29, 1.82) is 0 Å². The lowest BCUT2D eigenvalue weighted by atomic mass is 10.1. The van der Waals surface area contributed by atoms with Crippen LogP contribution in [0.15, 0.2) is 24.3 Å². The highest BCUT2D eigenvalue weighted by atomic mass is 16.5. The van der Waals surface area contributed by atoms with Crippen molar-refractivity contribution in [3.05, 3.63) is 29.8 Å². The molecule has 108 valence electrons. The fourth-order valence-corrected chi connectivity index (χ4v) is 2.38. The van der Waals surface area contributed by atoms with Gasteiger partial charge in [-0.15, -0.1) is 0 Å². The Morgan fingerprint density at radius 3 is 2.32 bits per heavy atom. The predicted octanol–water partition coefficient (Wildman–Crippen LogP) is 3.21. The molecular formula is C16H28N2O. The second-order valence-electron chi connectivity index (χ2n) is 4.88. The molecule has 2 N–H and O–H groups in total. The summed E-state index contributed by atoms with van der Waals surface area (Å²) in [7, 11) is 0. The quantitative estimate of drug-likeness (QED) is 0.744. The summed E-state index contributed by atoms with van der Waals surface area (Å²) >= 11 is 0. The van der Waals surface area contributed by atoms with E-state index in [9.17, 15) is 0 Å². The van der Waals surface area contributed by atoms with Crippen LogP contribution in [0, 0.1) is 0 Å². The van der Waals surface area contributed by atoms with Gasteiger partial charge in [-0.05, 0) is 38.9 Å². The van der Waals surface area contributed by atoms with Crippen LogP contribution in [0.3, 0.4) is 0 Å². The molecule has 0 fully saturated rings. The van der Waals surface area contributed by atoms with Gasteiger partial charge in [0.15, 0.2) is 0 Å². The molecule has 1 rings (SSSR count). The van der Waals surface area contributed by atoms with Gasteiger partial charge in [-0.3, -0.25) is 0 Å². The van der Waals surface area contributed by atoms with E-state index in [4.69, 9.17) is 10.5 Å². The van der Waals surface area contributed by atoms with E-state index in [1.165, 1.54) is 12.8 Å². The van der Waals surface area contributed by atoms with E-state index in [1.807, 2.05) is 25.1 Å². The Labute approximate surface area is 117 Å². The molecule has 0 saturated heterocycles. The zero-order chi connectivity index (χ0) is 14.1. The normalized spacial score (nSPS) is 12.7. The van der Waals surface area contributed by atoms with Gasteiger partial charge in [-0.1, -0.05) is 32.0 Å². The van der Waals surface area contributed by atoms with E-state index in [-0.39, 0.29) is 6.04 Å². The Kier molecular flexibility index (Phi) is 7.53. The highest BCUT2D eigenvalue weighted by Crippen LogP contribution is 2.24. The number of para-hydroxylation sites is 1. The monoisotopic (exact) mass is 264 g/mol. The number of nitrogens with two attached hydrogens (primary N) is 1. The first-order valence-corrected chi connectivity index (χ1v) is 7.42. The third-order valence-corrected chi connectivity index (χ3v) is 3.15. The first-order valence-electron chi connectivity index (χ1n) is 7.42. The second-order valence-corrected chi connectivity index (χ2v) is 4.88. The molecule has 0 spiro atoms. The Hall–Kier alpha value is -1.06. The summed E-state index contributed by atoms with van der Waals surface area (Å²) < 4.78 is 5.66. The van der Waals surface area contributed by atoms with Gasteiger partial charge in [0.05, 0.1) is 6.61 Å². The Morgan fingerprint density at radius 2 is 1.74 bits per heavy atom. The average Bonchev–Trinajstić information content (AvgIpc) is 2.40. The summed E-state index contributed by atoms with van der Waals surface area (Å²) in [6, 6.07) is 8.12. The van der Waals surface area contributed by atoms with E-state index in [0.29, 0.717) is 6.61 Å². The molecule has 19 heavy (non-hydrogen) atoms. The van der Waals surface area contributed by atoms with Crippen molar-refractivity contribution in [3.8, 4) is 5.75 Å². The van der Waals surface area contributed by atoms with Crippen molar-refractivity contribution in [2.24, 2.45) is 5.73 Å². The van der Waals surface area contributed by atoms with Crippen LogP contribution < -0.4 is 10.5 Å². The van der Waals surface area contributed by atoms with Crippen LogP contribution >= 0.6 is 0 Å². The Morgan fingerprint density at radius 1 is 1.11 bits per heavy atom. The molecule has 3 heteroatoms. The maximum Gasteiger partial charge on any atom is 0.124 e. The zero-order valence-corrected chi connectivity index (χ0v) is 12.6. The summed E-state index contributed by atoms with van der Waals surface area (Å²) in [5.41, 5.74) is 7.48.